The molecule has 7 heteroatoms. The van der Waals surface area contributed by atoms with E-state index in [4.69, 9.17) is 21.1 Å². The van der Waals surface area contributed by atoms with Gasteiger partial charge in [0.2, 0.25) is 5.91 Å². The molecule has 1 fully saturated rings. The first kappa shape index (κ1) is 17.7. The highest BCUT2D eigenvalue weighted by atomic mass is 35.5. The van der Waals surface area contributed by atoms with Gasteiger partial charge in [0.1, 0.15) is 11.9 Å². The van der Waals surface area contributed by atoms with Gasteiger partial charge in [0, 0.05) is 37.1 Å². The molecule has 0 N–H and O–H groups in total. The molecule has 126 valence electrons. The molecular formula is C16H19ClFNO4. The van der Waals surface area contributed by atoms with Crippen molar-refractivity contribution in [3.05, 3.63) is 34.6 Å². The second-order valence-electron chi connectivity index (χ2n) is 5.38. The minimum atomic E-state index is -0.659. The topological polar surface area (TPSA) is 55.8 Å². The fourth-order valence-electron chi connectivity index (χ4n) is 2.75. The molecule has 1 aromatic carbocycles. The molecule has 0 bridgehead atoms. The molecule has 1 aliphatic rings. The monoisotopic (exact) mass is 343 g/mol. The van der Waals surface area contributed by atoms with Crippen LogP contribution in [0.2, 0.25) is 5.02 Å². The lowest BCUT2D eigenvalue weighted by Crippen LogP contribution is -2.41. The summed E-state index contributed by atoms with van der Waals surface area (Å²) in [6.07, 6.45) is 0.423. The normalized spacial score (nSPS) is 20.6. The number of hydrogen-bond donors (Lipinski definition) is 0. The summed E-state index contributed by atoms with van der Waals surface area (Å²) < 4.78 is 23.7. The van der Waals surface area contributed by atoms with Crippen LogP contribution in [0, 0.1) is 5.82 Å². The van der Waals surface area contributed by atoms with Crippen molar-refractivity contribution >= 4 is 23.5 Å². The number of hydrogen-bond acceptors (Lipinski definition) is 4. The van der Waals surface area contributed by atoms with Crippen LogP contribution in [0.3, 0.4) is 0 Å². The molecule has 1 aliphatic heterocycles. The zero-order chi connectivity index (χ0) is 17.0. The fraction of sp³-hybridized carbons (Fsp3) is 0.500. The van der Waals surface area contributed by atoms with Crippen molar-refractivity contribution in [1.29, 1.82) is 0 Å². The van der Waals surface area contributed by atoms with Crippen molar-refractivity contribution in [2.45, 2.75) is 31.4 Å². The number of ether oxygens (including phenoxy) is 2. The molecule has 23 heavy (non-hydrogen) atoms. The average Bonchev–Trinajstić information content (AvgIpc) is 2.98. The molecule has 0 aromatic heterocycles. The third kappa shape index (κ3) is 4.00. The predicted octanol–water partition coefficient (Wildman–Crippen LogP) is 2.20. The van der Waals surface area contributed by atoms with Crippen LogP contribution in [0.4, 0.5) is 4.39 Å². The van der Waals surface area contributed by atoms with E-state index in [0.717, 1.165) is 0 Å². The molecule has 0 saturated carbocycles. The van der Waals surface area contributed by atoms with Gasteiger partial charge in [-0.25, -0.2) is 9.18 Å². The van der Waals surface area contributed by atoms with Crippen molar-refractivity contribution in [2.24, 2.45) is 0 Å². The van der Waals surface area contributed by atoms with Crippen LogP contribution < -0.4 is 0 Å². The van der Waals surface area contributed by atoms with E-state index in [-0.39, 0.29) is 24.9 Å². The van der Waals surface area contributed by atoms with Crippen LogP contribution in [0.5, 0.6) is 0 Å². The number of carbonyl (C=O) groups is 2. The minimum absolute atomic E-state index is 0.0601. The maximum Gasteiger partial charge on any atom is 0.328 e. The standard InChI is InChI=1S/C16H19ClFNO4/c1-22-10-8-14(16(21)23-2)19(9-10)15(20)7-6-11-12(17)4-3-5-13(11)18/h3-5,10,14H,6-9H2,1-2H3/t10-,14-/m1/s1. The van der Waals surface area contributed by atoms with Crippen molar-refractivity contribution in [2.75, 3.05) is 20.8 Å². The highest BCUT2D eigenvalue weighted by molar-refractivity contribution is 6.31. The Morgan fingerprint density at radius 1 is 1.39 bits per heavy atom. The lowest BCUT2D eigenvalue weighted by molar-refractivity contribution is -0.150. The third-order valence-electron chi connectivity index (χ3n) is 4.04. The molecule has 1 heterocycles. The SMILES string of the molecule is COC(=O)[C@H]1C[C@@H](OC)CN1C(=O)CCc1c(F)cccc1Cl. The van der Waals surface area contributed by atoms with E-state index in [1.807, 2.05) is 0 Å². The first-order chi connectivity index (χ1) is 11.0. The maximum absolute atomic E-state index is 13.8. The Hall–Kier alpha value is -1.66. The number of nitrogens with zero attached hydrogens (tertiary/aromatic N) is 1. The smallest absolute Gasteiger partial charge is 0.328 e. The first-order valence-corrected chi connectivity index (χ1v) is 7.68. The van der Waals surface area contributed by atoms with Gasteiger partial charge < -0.3 is 14.4 Å². The molecule has 1 aromatic rings. The molecular weight excluding hydrogens is 325 g/mol. The first-order valence-electron chi connectivity index (χ1n) is 7.31. The summed E-state index contributed by atoms with van der Waals surface area (Å²) in [6, 6.07) is 3.74. The largest absolute Gasteiger partial charge is 0.467 e. The Morgan fingerprint density at radius 3 is 2.74 bits per heavy atom. The van der Waals surface area contributed by atoms with Gasteiger partial charge in [-0.1, -0.05) is 17.7 Å². The average molecular weight is 344 g/mol. The van der Waals surface area contributed by atoms with E-state index in [1.165, 1.54) is 31.3 Å². The van der Waals surface area contributed by atoms with E-state index in [1.54, 1.807) is 6.07 Å². The van der Waals surface area contributed by atoms with E-state index in [2.05, 4.69) is 0 Å². The van der Waals surface area contributed by atoms with Crippen LogP contribution in [-0.2, 0) is 25.5 Å². The Kier molecular flexibility index (Phi) is 5.96. The van der Waals surface area contributed by atoms with Crippen molar-refractivity contribution in [1.82, 2.24) is 4.90 Å². The van der Waals surface area contributed by atoms with Gasteiger partial charge in [0.15, 0.2) is 0 Å². The summed E-state index contributed by atoms with van der Waals surface area (Å²) in [5.41, 5.74) is 0.305. The van der Waals surface area contributed by atoms with Crippen molar-refractivity contribution in [3.8, 4) is 0 Å². The number of esters is 1. The summed E-state index contributed by atoms with van der Waals surface area (Å²) in [5.74, 6) is -1.16. The minimum Gasteiger partial charge on any atom is -0.467 e. The van der Waals surface area contributed by atoms with E-state index in [0.29, 0.717) is 23.6 Å². The summed E-state index contributed by atoms with van der Waals surface area (Å²) >= 11 is 5.96. The zero-order valence-electron chi connectivity index (χ0n) is 13.1. The van der Waals surface area contributed by atoms with E-state index in [9.17, 15) is 14.0 Å². The predicted molar refractivity (Wildman–Crippen MR) is 82.7 cm³/mol. The van der Waals surface area contributed by atoms with Gasteiger partial charge in [-0.15, -0.1) is 0 Å². The van der Waals surface area contributed by atoms with Gasteiger partial charge in [-0.05, 0) is 18.6 Å². The highest BCUT2D eigenvalue weighted by Crippen LogP contribution is 2.24. The number of amides is 1. The molecule has 1 amide bonds. The highest BCUT2D eigenvalue weighted by Gasteiger charge is 2.40. The van der Waals surface area contributed by atoms with Crippen molar-refractivity contribution < 1.29 is 23.5 Å². The molecule has 2 rings (SSSR count). The Labute approximate surface area is 139 Å². The molecule has 0 radical (unpaired) electrons. The summed E-state index contributed by atoms with van der Waals surface area (Å²) in [6.45, 7) is 0.320. The van der Waals surface area contributed by atoms with E-state index >= 15 is 0 Å². The van der Waals surface area contributed by atoms with Gasteiger partial charge in [0.05, 0.1) is 13.2 Å². The summed E-state index contributed by atoms with van der Waals surface area (Å²) in [4.78, 5) is 25.7. The Morgan fingerprint density at radius 2 is 2.13 bits per heavy atom. The summed E-state index contributed by atoms with van der Waals surface area (Å²) in [7, 11) is 2.82. The number of methoxy groups -OCH3 is 2. The molecule has 5 nitrogen and oxygen atoms in total. The second kappa shape index (κ2) is 7.75. The van der Waals surface area contributed by atoms with Crippen LogP contribution >= 0.6 is 11.6 Å². The second-order valence-corrected chi connectivity index (χ2v) is 5.79. The quantitative estimate of drug-likeness (QED) is 0.769. The van der Waals surface area contributed by atoms with Gasteiger partial charge >= 0.3 is 5.97 Å². The number of rotatable bonds is 5. The molecule has 0 unspecified atom stereocenters. The van der Waals surface area contributed by atoms with Gasteiger partial charge in [0.25, 0.3) is 0 Å². The lowest BCUT2D eigenvalue weighted by Gasteiger charge is -2.22. The maximum atomic E-state index is 13.8. The van der Waals surface area contributed by atoms with Gasteiger partial charge in [-0.2, -0.15) is 0 Å². The van der Waals surface area contributed by atoms with Crippen LogP contribution in [0.1, 0.15) is 18.4 Å². The van der Waals surface area contributed by atoms with Crippen LogP contribution in [0.25, 0.3) is 0 Å². The van der Waals surface area contributed by atoms with Gasteiger partial charge in [-0.3, -0.25) is 4.79 Å². The number of benzene rings is 1. The molecule has 0 aliphatic carbocycles. The van der Waals surface area contributed by atoms with Crippen LogP contribution in [0.15, 0.2) is 18.2 Å². The summed E-state index contributed by atoms with van der Waals surface area (Å²) in [5, 5.41) is 0.290. The third-order valence-corrected chi connectivity index (χ3v) is 4.39. The number of likely N-dealkylation sites (tertiary alicyclic amines) is 1. The molecule has 1 saturated heterocycles. The van der Waals surface area contributed by atoms with Crippen LogP contribution in [-0.4, -0.2) is 49.7 Å². The van der Waals surface area contributed by atoms with E-state index < -0.39 is 17.8 Å². The Balaban J connectivity index is 2.05. The Bertz CT molecular complexity index is 575. The zero-order valence-corrected chi connectivity index (χ0v) is 13.8. The number of halogens is 2. The molecule has 0 spiro atoms. The number of carbonyl (C=O) groups excluding carboxylic acids is 2. The van der Waals surface area contributed by atoms with Crippen molar-refractivity contribution in [3.63, 3.8) is 0 Å². The fourth-order valence-corrected chi connectivity index (χ4v) is 3.01. The molecule has 2 atom stereocenters. The lowest BCUT2D eigenvalue weighted by atomic mass is 10.1.